The van der Waals surface area contributed by atoms with Crippen LogP contribution in [0.2, 0.25) is 0 Å². The molecule has 0 heterocycles. The van der Waals surface area contributed by atoms with Crippen LogP contribution >= 0.6 is 0 Å². The predicted octanol–water partition coefficient (Wildman–Crippen LogP) is 6.05. The summed E-state index contributed by atoms with van der Waals surface area (Å²) in [6, 6.07) is 15.0. The van der Waals surface area contributed by atoms with Crippen molar-refractivity contribution in [1.82, 2.24) is 0 Å². The van der Waals surface area contributed by atoms with Gasteiger partial charge in [0, 0.05) is 5.56 Å². The van der Waals surface area contributed by atoms with E-state index in [0.29, 0.717) is 33.6 Å². The highest BCUT2D eigenvalue weighted by atomic mass is 16.6. The van der Waals surface area contributed by atoms with Crippen LogP contribution in [0.1, 0.15) is 0 Å². The molecule has 0 saturated carbocycles. The number of benzene rings is 3. The van der Waals surface area contributed by atoms with E-state index in [1.165, 1.54) is 14.2 Å². The number of ether oxygens (including phenoxy) is 2. The Labute approximate surface area is 167 Å². The van der Waals surface area contributed by atoms with Crippen molar-refractivity contribution < 1.29 is 14.4 Å². The first-order valence-corrected chi connectivity index (χ1v) is 8.43. The smallest absolute Gasteiger partial charge is 0.323 e. The molecule has 0 aliphatic rings. The molecule has 3 aromatic carbocycles. The molecule has 0 bridgehead atoms. The molecule has 0 saturated heterocycles. The van der Waals surface area contributed by atoms with Crippen LogP contribution in [0.5, 0.6) is 11.5 Å². The van der Waals surface area contributed by atoms with Crippen LogP contribution in [-0.4, -0.2) is 19.1 Å². The van der Waals surface area contributed by atoms with Crippen molar-refractivity contribution in [2.24, 2.45) is 0 Å². The third-order valence-electron chi connectivity index (χ3n) is 4.42. The van der Waals surface area contributed by atoms with Crippen molar-refractivity contribution in [3.05, 3.63) is 87.5 Å². The van der Waals surface area contributed by atoms with E-state index in [2.05, 4.69) is 9.69 Å². The predicted molar refractivity (Wildman–Crippen MR) is 110 cm³/mol. The molecular weight excluding hydrogens is 370 g/mol. The van der Waals surface area contributed by atoms with Crippen molar-refractivity contribution >= 4 is 17.1 Å². The number of hydrogen-bond acceptors (Lipinski definition) is 4. The van der Waals surface area contributed by atoms with Crippen molar-refractivity contribution in [2.45, 2.75) is 0 Å². The monoisotopic (exact) mass is 385 g/mol. The number of nitro groups is 1. The van der Waals surface area contributed by atoms with Crippen LogP contribution < -0.4 is 9.47 Å². The van der Waals surface area contributed by atoms with Crippen LogP contribution in [0, 0.1) is 23.3 Å². The van der Waals surface area contributed by atoms with Gasteiger partial charge in [0.2, 0.25) is 5.75 Å². The van der Waals surface area contributed by atoms with Crippen LogP contribution in [-0.2, 0) is 0 Å². The van der Waals surface area contributed by atoms with Gasteiger partial charge in [0.15, 0.2) is 17.1 Å². The first-order valence-electron chi connectivity index (χ1n) is 8.43. The molecule has 0 N–H and O–H groups in total. The van der Waals surface area contributed by atoms with Gasteiger partial charge < -0.3 is 9.47 Å². The van der Waals surface area contributed by atoms with E-state index in [1.807, 2.05) is 0 Å². The number of nitrogens with zero attached hydrogens (tertiary/aromatic N) is 3. The Morgan fingerprint density at radius 3 is 1.79 bits per heavy atom. The molecule has 3 aromatic rings. The molecule has 0 unspecified atom stereocenters. The fourth-order valence-corrected chi connectivity index (χ4v) is 3.09. The fourth-order valence-electron chi connectivity index (χ4n) is 3.09. The Morgan fingerprint density at radius 1 is 0.862 bits per heavy atom. The van der Waals surface area contributed by atoms with E-state index in [0.717, 1.165) is 0 Å². The van der Waals surface area contributed by atoms with Gasteiger partial charge in [0.1, 0.15) is 0 Å². The summed E-state index contributed by atoms with van der Waals surface area (Å²) >= 11 is 0. The molecular formula is C22H15N3O4. The second kappa shape index (κ2) is 8.12. The molecule has 0 atom stereocenters. The molecule has 0 spiro atoms. The Morgan fingerprint density at radius 2 is 1.38 bits per heavy atom. The number of hydrogen-bond donors (Lipinski definition) is 0. The van der Waals surface area contributed by atoms with Gasteiger partial charge in [0.25, 0.3) is 0 Å². The number of rotatable bonds is 5. The van der Waals surface area contributed by atoms with Gasteiger partial charge in [-0.15, -0.1) is 0 Å². The summed E-state index contributed by atoms with van der Waals surface area (Å²) in [5, 5.41) is 12.0. The Kier molecular flexibility index (Phi) is 5.43. The second-order valence-corrected chi connectivity index (χ2v) is 5.96. The lowest BCUT2D eigenvalue weighted by Crippen LogP contribution is -2.01. The zero-order valence-corrected chi connectivity index (χ0v) is 15.7. The van der Waals surface area contributed by atoms with Crippen LogP contribution in [0.25, 0.3) is 31.9 Å². The molecule has 142 valence electrons. The SMILES string of the molecule is [C-]#[N+]c1ccc(-c2cc(OC)c(OC)c([N+](=O)[O-])c2-c2ccc([N+]#[C-])cc2)cc1. The standard InChI is InChI=1S/C22H15N3O4/c1-23-16-9-5-14(6-10-16)18-13-19(28-3)22(29-4)21(25(26)27)20(18)15-7-11-17(24-2)12-8-15/h5-13H,3-4H3. The van der Waals surface area contributed by atoms with Crippen LogP contribution in [0.15, 0.2) is 54.6 Å². The summed E-state index contributed by atoms with van der Waals surface area (Å²) in [6.07, 6.45) is 0. The van der Waals surface area contributed by atoms with E-state index in [-0.39, 0.29) is 17.2 Å². The third kappa shape index (κ3) is 3.58. The minimum atomic E-state index is -0.504. The van der Waals surface area contributed by atoms with E-state index in [1.54, 1.807) is 54.6 Å². The van der Waals surface area contributed by atoms with E-state index >= 15 is 0 Å². The van der Waals surface area contributed by atoms with E-state index in [9.17, 15) is 10.1 Å². The summed E-state index contributed by atoms with van der Waals surface area (Å²) in [7, 11) is 2.76. The Balaban J connectivity index is 2.41. The molecule has 0 fully saturated rings. The summed E-state index contributed by atoms with van der Waals surface area (Å²) < 4.78 is 10.7. The molecule has 0 aliphatic carbocycles. The summed E-state index contributed by atoms with van der Waals surface area (Å²) in [5.41, 5.74) is 2.82. The molecule has 7 heteroatoms. The van der Waals surface area contributed by atoms with Crippen molar-refractivity contribution in [3.8, 4) is 33.8 Å². The second-order valence-electron chi connectivity index (χ2n) is 5.96. The first-order chi connectivity index (χ1) is 14.0. The van der Waals surface area contributed by atoms with Gasteiger partial charge >= 0.3 is 5.69 Å². The van der Waals surface area contributed by atoms with Crippen molar-refractivity contribution in [1.29, 1.82) is 0 Å². The molecule has 0 amide bonds. The van der Waals surface area contributed by atoms with E-state index < -0.39 is 4.92 Å². The minimum absolute atomic E-state index is 0.0169. The van der Waals surface area contributed by atoms with Gasteiger partial charge in [0.05, 0.1) is 37.9 Å². The molecule has 0 aromatic heterocycles. The molecule has 0 radical (unpaired) electrons. The fraction of sp³-hybridized carbons (Fsp3) is 0.0909. The maximum Gasteiger partial charge on any atom is 0.323 e. The molecule has 3 rings (SSSR count). The maximum atomic E-state index is 12.0. The average molecular weight is 385 g/mol. The Bertz CT molecular complexity index is 1160. The average Bonchev–Trinajstić information content (AvgIpc) is 2.77. The number of methoxy groups -OCH3 is 2. The van der Waals surface area contributed by atoms with Crippen molar-refractivity contribution in [3.63, 3.8) is 0 Å². The highest BCUT2D eigenvalue weighted by Gasteiger charge is 2.30. The van der Waals surface area contributed by atoms with Gasteiger partial charge in [-0.1, -0.05) is 48.5 Å². The van der Waals surface area contributed by atoms with Gasteiger partial charge in [-0.05, 0) is 17.2 Å². The largest absolute Gasteiger partial charge is 0.493 e. The summed E-state index contributed by atoms with van der Waals surface area (Å²) in [5.74, 6) is 0.244. The lowest BCUT2D eigenvalue weighted by molar-refractivity contribution is -0.385. The number of nitro benzene ring substituents is 1. The van der Waals surface area contributed by atoms with Gasteiger partial charge in [-0.25, -0.2) is 9.69 Å². The first kappa shape index (κ1) is 19.4. The quantitative estimate of drug-likeness (QED) is 0.305. The third-order valence-corrected chi connectivity index (χ3v) is 4.42. The van der Waals surface area contributed by atoms with Gasteiger partial charge in [-0.2, -0.15) is 0 Å². The van der Waals surface area contributed by atoms with Crippen molar-refractivity contribution in [2.75, 3.05) is 14.2 Å². The lowest BCUT2D eigenvalue weighted by atomic mass is 9.92. The van der Waals surface area contributed by atoms with Crippen LogP contribution in [0.3, 0.4) is 0 Å². The normalized spacial score (nSPS) is 9.93. The van der Waals surface area contributed by atoms with E-state index in [4.69, 9.17) is 22.6 Å². The lowest BCUT2D eigenvalue weighted by Gasteiger charge is -2.16. The molecule has 0 aliphatic heterocycles. The summed E-state index contributed by atoms with van der Waals surface area (Å²) in [6.45, 7) is 14.2. The zero-order valence-electron chi connectivity index (χ0n) is 15.7. The van der Waals surface area contributed by atoms with Gasteiger partial charge in [-0.3, -0.25) is 10.1 Å². The molecule has 7 nitrogen and oxygen atoms in total. The highest BCUT2D eigenvalue weighted by Crippen LogP contribution is 2.49. The highest BCUT2D eigenvalue weighted by molar-refractivity contribution is 5.94. The minimum Gasteiger partial charge on any atom is -0.493 e. The maximum absolute atomic E-state index is 12.0. The topological polar surface area (TPSA) is 70.3 Å². The van der Waals surface area contributed by atoms with Crippen LogP contribution in [0.4, 0.5) is 17.1 Å². The summed E-state index contributed by atoms with van der Waals surface area (Å²) in [4.78, 5) is 18.3. The molecule has 29 heavy (non-hydrogen) atoms. The zero-order chi connectivity index (χ0) is 21.0. The Hall–Kier alpha value is -4.36.